The van der Waals surface area contributed by atoms with E-state index in [9.17, 15) is 0 Å². The molecular formula is C54H34N4O. The molecule has 5 heteroatoms. The molecule has 0 atom stereocenters. The molecule has 0 spiro atoms. The van der Waals surface area contributed by atoms with Crippen LogP contribution in [0, 0.1) is 0 Å². The lowest BCUT2D eigenvalue weighted by Gasteiger charge is -2.33. The molecule has 3 heterocycles. The predicted molar refractivity (Wildman–Crippen MR) is 242 cm³/mol. The van der Waals surface area contributed by atoms with Gasteiger partial charge in [-0.1, -0.05) is 152 Å². The van der Waals surface area contributed by atoms with E-state index in [1.807, 2.05) is 30.3 Å². The highest BCUT2D eigenvalue weighted by atomic mass is 16.5. The van der Waals surface area contributed by atoms with Gasteiger partial charge in [-0.25, -0.2) is 9.97 Å². The van der Waals surface area contributed by atoms with Gasteiger partial charge in [0.1, 0.15) is 0 Å². The van der Waals surface area contributed by atoms with E-state index in [1.165, 1.54) is 21.9 Å². The van der Waals surface area contributed by atoms with Gasteiger partial charge in [-0.05, 0) is 87.6 Å². The Morgan fingerprint density at radius 2 is 1.07 bits per heavy atom. The molecule has 5 nitrogen and oxygen atoms in total. The maximum Gasteiger partial charge on any atom is 0.235 e. The summed E-state index contributed by atoms with van der Waals surface area (Å²) in [6.07, 6.45) is 0. The van der Waals surface area contributed by atoms with Gasteiger partial charge in [-0.3, -0.25) is 4.57 Å². The summed E-state index contributed by atoms with van der Waals surface area (Å²) in [5, 5.41) is 5.67. The van der Waals surface area contributed by atoms with Crippen molar-refractivity contribution in [2.24, 2.45) is 0 Å². The van der Waals surface area contributed by atoms with Crippen molar-refractivity contribution in [3.63, 3.8) is 0 Å². The fraction of sp³-hybridized carbons (Fsp3) is 0. The smallest absolute Gasteiger partial charge is 0.235 e. The second-order valence-electron chi connectivity index (χ2n) is 15.0. The van der Waals surface area contributed by atoms with Crippen molar-refractivity contribution < 1.29 is 4.74 Å². The van der Waals surface area contributed by atoms with Crippen LogP contribution in [0.5, 0.6) is 11.5 Å². The number of anilines is 3. The van der Waals surface area contributed by atoms with E-state index in [0.717, 1.165) is 83.7 Å². The number of fused-ring (bicyclic) bond motifs is 8. The number of hydrogen-bond acceptors (Lipinski definition) is 4. The topological polar surface area (TPSA) is 43.2 Å². The fourth-order valence-electron chi connectivity index (χ4n) is 8.90. The van der Waals surface area contributed by atoms with Crippen LogP contribution in [-0.2, 0) is 0 Å². The molecule has 12 rings (SSSR count). The van der Waals surface area contributed by atoms with Crippen LogP contribution in [-0.4, -0.2) is 14.5 Å². The first-order valence-corrected chi connectivity index (χ1v) is 19.9. The van der Waals surface area contributed by atoms with E-state index >= 15 is 0 Å². The quantitative estimate of drug-likeness (QED) is 0.175. The Morgan fingerprint density at radius 3 is 1.93 bits per heavy atom. The highest BCUT2D eigenvalue weighted by molar-refractivity contribution is 6.25. The SMILES string of the molecule is c1ccc(-c2ccc(-c3nc(-n4c5cccc(-c6ccc7c(c6)Oc6ccccc6N7c6ccccc6)c5c5c6ccccc6ccc54)nc4ccccc34)cc2)cc1. The molecular weight excluding hydrogens is 721 g/mol. The molecule has 0 bridgehead atoms. The Hall–Kier alpha value is -8.02. The van der Waals surface area contributed by atoms with E-state index in [2.05, 4.69) is 185 Å². The molecule has 0 aliphatic carbocycles. The fourth-order valence-corrected chi connectivity index (χ4v) is 8.90. The van der Waals surface area contributed by atoms with Crippen molar-refractivity contribution in [2.45, 2.75) is 0 Å². The summed E-state index contributed by atoms with van der Waals surface area (Å²) in [5.74, 6) is 2.25. The van der Waals surface area contributed by atoms with Crippen molar-refractivity contribution >= 4 is 60.5 Å². The number of hydrogen-bond donors (Lipinski definition) is 0. The number of aromatic nitrogens is 3. The number of rotatable bonds is 5. The Morgan fingerprint density at radius 1 is 0.407 bits per heavy atom. The minimum atomic E-state index is 0.627. The van der Waals surface area contributed by atoms with E-state index in [0.29, 0.717) is 5.95 Å². The van der Waals surface area contributed by atoms with Crippen LogP contribution in [0.25, 0.3) is 82.9 Å². The van der Waals surface area contributed by atoms with Gasteiger partial charge in [-0.2, -0.15) is 0 Å². The molecule has 0 fully saturated rings. The van der Waals surface area contributed by atoms with Crippen molar-refractivity contribution in [2.75, 3.05) is 4.90 Å². The average Bonchev–Trinajstić information content (AvgIpc) is 3.66. The summed E-state index contributed by atoms with van der Waals surface area (Å²) in [7, 11) is 0. The Balaban J connectivity index is 1.08. The van der Waals surface area contributed by atoms with Crippen molar-refractivity contribution in [3.05, 3.63) is 206 Å². The van der Waals surface area contributed by atoms with Crippen LogP contribution in [0.15, 0.2) is 206 Å². The summed E-state index contributed by atoms with van der Waals surface area (Å²) in [4.78, 5) is 13.0. The Kier molecular flexibility index (Phi) is 7.47. The van der Waals surface area contributed by atoms with Crippen LogP contribution in [0.2, 0.25) is 0 Å². The normalized spacial score (nSPS) is 12.2. The molecule has 0 saturated carbocycles. The summed E-state index contributed by atoms with van der Waals surface area (Å²) >= 11 is 0. The van der Waals surface area contributed by atoms with Gasteiger partial charge >= 0.3 is 0 Å². The molecule has 0 amide bonds. The molecule has 0 saturated heterocycles. The highest BCUT2D eigenvalue weighted by Gasteiger charge is 2.27. The summed E-state index contributed by atoms with van der Waals surface area (Å²) in [6.45, 7) is 0. The van der Waals surface area contributed by atoms with Crippen LogP contribution in [0.4, 0.5) is 17.1 Å². The largest absolute Gasteiger partial charge is 0.453 e. The van der Waals surface area contributed by atoms with Gasteiger partial charge in [0.2, 0.25) is 5.95 Å². The number of ether oxygens (including phenoxy) is 1. The molecule has 276 valence electrons. The van der Waals surface area contributed by atoms with Gasteiger partial charge in [0, 0.05) is 27.4 Å². The van der Waals surface area contributed by atoms with Gasteiger partial charge in [0.25, 0.3) is 0 Å². The Bertz CT molecular complexity index is 3410. The number of nitrogens with zero attached hydrogens (tertiary/aromatic N) is 4. The second kappa shape index (κ2) is 13.3. The third-order valence-corrected chi connectivity index (χ3v) is 11.6. The zero-order valence-corrected chi connectivity index (χ0v) is 31.8. The van der Waals surface area contributed by atoms with E-state index in [-0.39, 0.29) is 0 Å². The second-order valence-corrected chi connectivity index (χ2v) is 15.0. The summed E-state index contributed by atoms with van der Waals surface area (Å²) in [6, 6.07) is 72.5. The zero-order valence-electron chi connectivity index (χ0n) is 31.8. The average molecular weight is 755 g/mol. The molecule has 0 N–H and O–H groups in total. The maximum atomic E-state index is 6.70. The predicted octanol–water partition coefficient (Wildman–Crippen LogP) is 14.5. The molecule has 2 aromatic heterocycles. The van der Waals surface area contributed by atoms with Gasteiger partial charge in [0.15, 0.2) is 11.5 Å². The highest BCUT2D eigenvalue weighted by Crippen LogP contribution is 2.52. The van der Waals surface area contributed by atoms with Crippen LogP contribution >= 0.6 is 0 Å². The number of para-hydroxylation sites is 4. The lowest BCUT2D eigenvalue weighted by molar-refractivity contribution is 0.477. The molecule has 1 aliphatic heterocycles. The first-order valence-electron chi connectivity index (χ1n) is 19.9. The maximum absolute atomic E-state index is 6.70. The standard InChI is InChI=1S/C54H34N4O/c1-3-14-35(15-4-1)36-26-28-38(29-27-36)53-43-20-9-10-22-44(43)55-54(56-53)58-47-24-13-21-42(52(47)51-41-19-8-7-16-37(41)30-33-48(51)58)39-31-32-46-50(34-39)59-49-25-12-11-23-45(49)57(46)40-17-5-2-6-18-40/h1-34H. The molecule has 59 heavy (non-hydrogen) atoms. The zero-order chi connectivity index (χ0) is 38.9. The van der Waals surface area contributed by atoms with E-state index in [4.69, 9.17) is 14.7 Å². The lowest BCUT2D eigenvalue weighted by atomic mass is 9.96. The van der Waals surface area contributed by atoms with E-state index < -0.39 is 0 Å². The van der Waals surface area contributed by atoms with Gasteiger partial charge < -0.3 is 9.64 Å². The minimum Gasteiger partial charge on any atom is -0.453 e. The van der Waals surface area contributed by atoms with E-state index in [1.54, 1.807) is 0 Å². The first-order chi connectivity index (χ1) is 29.3. The van der Waals surface area contributed by atoms with Gasteiger partial charge in [-0.15, -0.1) is 0 Å². The first kappa shape index (κ1) is 33.2. The third kappa shape index (κ3) is 5.33. The molecule has 0 radical (unpaired) electrons. The Labute approximate surface area is 340 Å². The van der Waals surface area contributed by atoms with Crippen molar-refractivity contribution in [1.82, 2.24) is 14.5 Å². The van der Waals surface area contributed by atoms with Gasteiger partial charge in [0.05, 0.1) is 33.6 Å². The van der Waals surface area contributed by atoms with Crippen molar-refractivity contribution in [1.29, 1.82) is 0 Å². The van der Waals surface area contributed by atoms with Crippen molar-refractivity contribution in [3.8, 4) is 51.0 Å². The molecule has 11 aromatic rings. The van der Waals surface area contributed by atoms with Crippen LogP contribution < -0.4 is 9.64 Å². The summed E-state index contributed by atoms with van der Waals surface area (Å²) < 4.78 is 8.94. The number of benzene rings is 9. The minimum absolute atomic E-state index is 0.627. The summed E-state index contributed by atoms with van der Waals surface area (Å²) in [5.41, 5.74) is 12.5. The van der Waals surface area contributed by atoms with Crippen LogP contribution in [0.1, 0.15) is 0 Å². The monoisotopic (exact) mass is 754 g/mol. The third-order valence-electron chi connectivity index (χ3n) is 11.6. The van der Waals surface area contributed by atoms with Crippen LogP contribution in [0.3, 0.4) is 0 Å². The lowest BCUT2D eigenvalue weighted by Crippen LogP contribution is -2.15. The molecule has 9 aromatic carbocycles. The molecule has 1 aliphatic rings. The molecule has 0 unspecified atom stereocenters.